The van der Waals surface area contributed by atoms with Crippen LogP contribution in [0.5, 0.6) is 0 Å². The van der Waals surface area contributed by atoms with Crippen LogP contribution in [0.2, 0.25) is 0 Å². The van der Waals surface area contributed by atoms with Crippen LogP contribution >= 0.6 is 0 Å². The number of imidazole rings is 1. The molecule has 1 aliphatic carbocycles. The minimum atomic E-state index is -0.234. The number of aryl methyl sites for hydroxylation is 1. The van der Waals surface area contributed by atoms with Crippen molar-refractivity contribution in [3.05, 3.63) is 36.1 Å². The highest BCUT2D eigenvalue weighted by Crippen LogP contribution is 2.49. The Bertz CT molecular complexity index is 744. The van der Waals surface area contributed by atoms with Crippen LogP contribution in [0, 0.1) is 11.3 Å². The SMILES string of the molecule is CC(C)CCc1nc2c(o1)CCN(C(=O)C1(Cn3ccnc3)CC1)C2. The summed E-state index contributed by atoms with van der Waals surface area (Å²) in [6.07, 6.45) is 10.1. The third-order valence-electron chi connectivity index (χ3n) is 5.35. The zero-order valence-electron chi connectivity index (χ0n) is 15.1. The first kappa shape index (κ1) is 16.4. The molecule has 2 aromatic heterocycles. The van der Waals surface area contributed by atoms with Gasteiger partial charge in [0.2, 0.25) is 5.91 Å². The molecule has 25 heavy (non-hydrogen) atoms. The van der Waals surface area contributed by atoms with Gasteiger partial charge in [-0.15, -0.1) is 0 Å². The van der Waals surface area contributed by atoms with Crippen LogP contribution in [0.4, 0.5) is 0 Å². The molecule has 1 aliphatic heterocycles. The molecule has 3 heterocycles. The Labute approximate surface area is 148 Å². The van der Waals surface area contributed by atoms with E-state index in [9.17, 15) is 4.79 Å². The molecule has 6 nitrogen and oxygen atoms in total. The molecule has 4 rings (SSSR count). The normalized spacial score (nSPS) is 18.4. The van der Waals surface area contributed by atoms with Gasteiger partial charge in [0, 0.05) is 38.3 Å². The number of carbonyl (C=O) groups excluding carboxylic acids is 1. The van der Waals surface area contributed by atoms with Crippen molar-refractivity contribution in [3.8, 4) is 0 Å². The summed E-state index contributed by atoms with van der Waals surface area (Å²) in [5, 5.41) is 0. The number of rotatable bonds is 6. The summed E-state index contributed by atoms with van der Waals surface area (Å²) in [5.74, 6) is 2.70. The molecule has 0 spiro atoms. The highest BCUT2D eigenvalue weighted by atomic mass is 16.4. The summed E-state index contributed by atoms with van der Waals surface area (Å²) in [5.41, 5.74) is 0.722. The molecule has 2 aromatic rings. The van der Waals surface area contributed by atoms with E-state index in [1.165, 1.54) is 0 Å². The second-order valence-corrected chi connectivity index (χ2v) is 7.90. The average Bonchev–Trinajstić information content (AvgIpc) is 3.02. The van der Waals surface area contributed by atoms with Crippen LogP contribution in [0.1, 0.15) is 50.5 Å². The van der Waals surface area contributed by atoms with Crippen LogP contribution in [0.3, 0.4) is 0 Å². The second-order valence-electron chi connectivity index (χ2n) is 7.90. The van der Waals surface area contributed by atoms with Gasteiger partial charge in [-0.3, -0.25) is 4.79 Å². The molecule has 0 atom stereocenters. The summed E-state index contributed by atoms with van der Waals surface area (Å²) < 4.78 is 7.92. The molecule has 2 aliphatic rings. The fraction of sp³-hybridized carbons (Fsp3) is 0.632. The van der Waals surface area contributed by atoms with Crippen LogP contribution < -0.4 is 0 Å². The van der Waals surface area contributed by atoms with Crippen molar-refractivity contribution in [2.45, 2.75) is 59.0 Å². The number of carbonyl (C=O) groups is 1. The maximum Gasteiger partial charge on any atom is 0.230 e. The maximum absolute atomic E-state index is 13.1. The molecule has 0 unspecified atom stereocenters. The quantitative estimate of drug-likeness (QED) is 0.810. The smallest absolute Gasteiger partial charge is 0.230 e. The third kappa shape index (κ3) is 3.34. The molecular weight excluding hydrogens is 316 g/mol. The topological polar surface area (TPSA) is 64.2 Å². The van der Waals surface area contributed by atoms with Crippen LogP contribution in [-0.2, 0) is 30.7 Å². The van der Waals surface area contributed by atoms with Crippen molar-refractivity contribution in [2.75, 3.05) is 6.54 Å². The van der Waals surface area contributed by atoms with Gasteiger partial charge >= 0.3 is 0 Å². The molecular formula is C19H26N4O2. The van der Waals surface area contributed by atoms with E-state index in [1.54, 1.807) is 12.5 Å². The molecule has 0 saturated heterocycles. The van der Waals surface area contributed by atoms with E-state index in [0.29, 0.717) is 12.5 Å². The van der Waals surface area contributed by atoms with Crippen molar-refractivity contribution in [1.82, 2.24) is 19.4 Å². The minimum absolute atomic E-state index is 0.234. The van der Waals surface area contributed by atoms with Gasteiger partial charge in [-0.05, 0) is 25.2 Å². The minimum Gasteiger partial charge on any atom is -0.445 e. The Morgan fingerprint density at radius 1 is 1.40 bits per heavy atom. The molecule has 0 radical (unpaired) electrons. The average molecular weight is 342 g/mol. The Balaban J connectivity index is 1.42. The molecule has 0 aromatic carbocycles. The predicted octanol–water partition coefficient (Wildman–Crippen LogP) is 2.82. The lowest BCUT2D eigenvalue weighted by molar-refractivity contribution is -0.138. The first-order chi connectivity index (χ1) is 12.1. The Kier molecular flexibility index (Phi) is 4.13. The standard InChI is InChI=1S/C19H26N4O2/c1-14(2)3-4-17-21-15-11-23(9-5-16(15)25-17)18(24)19(6-7-19)12-22-10-8-20-13-22/h8,10,13-14H,3-7,9,11-12H2,1-2H3. The van der Waals surface area contributed by atoms with Gasteiger partial charge in [0.15, 0.2) is 5.89 Å². The van der Waals surface area contributed by atoms with Crippen LogP contribution in [0.25, 0.3) is 0 Å². The monoisotopic (exact) mass is 342 g/mol. The molecule has 1 saturated carbocycles. The molecule has 0 bridgehead atoms. The molecule has 1 amide bonds. The van der Waals surface area contributed by atoms with Crippen molar-refractivity contribution in [2.24, 2.45) is 11.3 Å². The van der Waals surface area contributed by atoms with Crippen LogP contribution in [0.15, 0.2) is 23.1 Å². The highest BCUT2D eigenvalue weighted by Gasteiger charge is 2.52. The number of amides is 1. The molecule has 6 heteroatoms. The van der Waals surface area contributed by atoms with E-state index in [4.69, 9.17) is 4.42 Å². The summed E-state index contributed by atoms with van der Waals surface area (Å²) in [4.78, 5) is 23.8. The summed E-state index contributed by atoms with van der Waals surface area (Å²) in [6, 6.07) is 0. The lowest BCUT2D eigenvalue weighted by Gasteiger charge is -2.29. The van der Waals surface area contributed by atoms with Crippen molar-refractivity contribution in [1.29, 1.82) is 0 Å². The number of hydrogen-bond donors (Lipinski definition) is 0. The number of hydrogen-bond acceptors (Lipinski definition) is 4. The van der Waals surface area contributed by atoms with Gasteiger partial charge in [0.25, 0.3) is 0 Å². The summed E-state index contributed by atoms with van der Waals surface area (Å²) in [7, 11) is 0. The predicted molar refractivity (Wildman–Crippen MR) is 92.7 cm³/mol. The second kappa shape index (κ2) is 6.32. The fourth-order valence-electron chi connectivity index (χ4n) is 3.60. The molecule has 134 valence electrons. The van der Waals surface area contributed by atoms with Gasteiger partial charge in [-0.2, -0.15) is 0 Å². The van der Waals surface area contributed by atoms with E-state index in [0.717, 1.165) is 62.5 Å². The Morgan fingerprint density at radius 2 is 2.24 bits per heavy atom. The van der Waals surface area contributed by atoms with Gasteiger partial charge in [-0.1, -0.05) is 13.8 Å². The summed E-state index contributed by atoms with van der Waals surface area (Å²) >= 11 is 0. The third-order valence-corrected chi connectivity index (χ3v) is 5.35. The largest absolute Gasteiger partial charge is 0.445 e. The fourth-order valence-corrected chi connectivity index (χ4v) is 3.60. The number of fused-ring (bicyclic) bond motifs is 1. The van der Waals surface area contributed by atoms with Gasteiger partial charge in [0.05, 0.1) is 18.3 Å². The van der Waals surface area contributed by atoms with Gasteiger partial charge in [0.1, 0.15) is 11.5 Å². The maximum atomic E-state index is 13.1. The van der Waals surface area contributed by atoms with Crippen LogP contribution in [-0.4, -0.2) is 31.9 Å². The highest BCUT2D eigenvalue weighted by molar-refractivity contribution is 5.85. The van der Waals surface area contributed by atoms with Crippen molar-refractivity contribution in [3.63, 3.8) is 0 Å². The van der Waals surface area contributed by atoms with Gasteiger partial charge < -0.3 is 13.9 Å². The molecule has 0 N–H and O–H groups in total. The van der Waals surface area contributed by atoms with Crippen molar-refractivity contribution < 1.29 is 9.21 Å². The lowest BCUT2D eigenvalue weighted by Crippen LogP contribution is -2.41. The lowest BCUT2D eigenvalue weighted by atomic mass is 10.0. The van der Waals surface area contributed by atoms with E-state index in [2.05, 4.69) is 23.8 Å². The first-order valence-electron chi connectivity index (χ1n) is 9.28. The van der Waals surface area contributed by atoms with E-state index >= 15 is 0 Å². The first-order valence-corrected chi connectivity index (χ1v) is 9.28. The Morgan fingerprint density at radius 3 is 2.92 bits per heavy atom. The van der Waals surface area contributed by atoms with Gasteiger partial charge in [-0.25, -0.2) is 9.97 Å². The van der Waals surface area contributed by atoms with E-state index < -0.39 is 0 Å². The number of oxazole rings is 1. The van der Waals surface area contributed by atoms with Crippen molar-refractivity contribution >= 4 is 5.91 Å². The van der Waals surface area contributed by atoms with E-state index in [1.807, 2.05) is 15.7 Å². The Hall–Kier alpha value is -2.11. The zero-order chi connectivity index (χ0) is 17.4. The zero-order valence-corrected chi connectivity index (χ0v) is 15.1. The van der Waals surface area contributed by atoms with E-state index in [-0.39, 0.29) is 11.3 Å². The number of nitrogens with zero attached hydrogens (tertiary/aromatic N) is 4. The number of aromatic nitrogens is 3. The summed E-state index contributed by atoms with van der Waals surface area (Å²) in [6.45, 7) is 6.46. The molecule has 1 fully saturated rings.